The number of ether oxygens (including phenoxy) is 2. The lowest BCUT2D eigenvalue weighted by Crippen LogP contribution is -2.06. The van der Waals surface area contributed by atoms with Crippen molar-refractivity contribution in [1.29, 1.82) is 0 Å². The third-order valence-electron chi connectivity index (χ3n) is 2.18. The Morgan fingerprint density at radius 2 is 1.93 bits per heavy atom. The van der Waals surface area contributed by atoms with Crippen molar-refractivity contribution < 1.29 is 14.3 Å². The molecule has 0 bridgehead atoms. The van der Waals surface area contributed by atoms with E-state index in [1.807, 2.05) is 13.8 Å². The molecule has 3 nitrogen and oxygen atoms in total. The fraction of sp³-hybridized carbons (Fsp3) is 0.417. The Balaban J connectivity index is 0.00000112. The van der Waals surface area contributed by atoms with Crippen LogP contribution < -0.4 is 9.47 Å². The molecule has 1 aromatic rings. The van der Waals surface area contributed by atoms with Crippen LogP contribution in [-0.4, -0.2) is 12.6 Å². The molecule has 1 heterocycles. The maximum Gasteiger partial charge on any atom is 0.231 e. The zero-order valence-electron chi connectivity index (χ0n) is 8.24. The van der Waals surface area contributed by atoms with Gasteiger partial charge in [-0.15, -0.1) is 0 Å². The van der Waals surface area contributed by atoms with Crippen molar-refractivity contribution >= 4 is 5.78 Å². The number of benzene rings is 1. The highest BCUT2D eigenvalue weighted by molar-refractivity contribution is 5.98. The quantitative estimate of drug-likeness (QED) is 0.701. The molecule has 0 aromatic heterocycles. The van der Waals surface area contributed by atoms with Gasteiger partial charge < -0.3 is 9.47 Å². The van der Waals surface area contributed by atoms with E-state index in [0.29, 0.717) is 17.1 Å². The Morgan fingerprint density at radius 3 is 2.60 bits per heavy atom. The number of rotatable bonds is 2. The maximum absolute atomic E-state index is 11.6. The van der Waals surface area contributed by atoms with Crippen molar-refractivity contribution in [2.45, 2.75) is 21.3 Å². The highest BCUT2D eigenvalue weighted by Crippen LogP contribution is 2.32. The molecular formula is C12H16O3. The lowest BCUT2D eigenvalue weighted by molar-refractivity contribution is 0.0939. The fourth-order valence-electron chi connectivity index (χ4n) is 1.38. The molecule has 0 N–H and O–H groups in total. The van der Waals surface area contributed by atoms with E-state index in [1.165, 1.54) is 0 Å². The number of hydrogen-bond donors (Lipinski definition) is 0. The molecule has 1 aliphatic rings. The monoisotopic (exact) mass is 208 g/mol. The second kappa shape index (κ2) is 4.34. The summed E-state index contributed by atoms with van der Waals surface area (Å²) in [5.74, 6) is 1.51. The predicted molar refractivity (Wildman–Crippen MR) is 58.5 cm³/mol. The van der Waals surface area contributed by atoms with Crippen molar-refractivity contribution in [3.05, 3.63) is 23.8 Å². The van der Waals surface area contributed by atoms with E-state index < -0.39 is 0 Å². The number of carbonyl (C=O) groups excluding carboxylic acids is 1. The van der Waals surface area contributed by atoms with Gasteiger partial charge in [0.1, 0.15) is 0 Å². The lowest BCUT2D eigenvalue weighted by atomic mass is 10.0. The van der Waals surface area contributed by atoms with Crippen LogP contribution in [0.5, 0.6) is 11.5 Å². The molecule has 0 fully saturated rings. The van der Waals surface area contributed by atoms with Gasteiger partial charge in [-0.25, -0.2) is 0 Å². The summed E-state index contributed by atoms with van der Waals surface area (Å²) in [7, 11) is 0. The first-order valence-electron chi connectivity index (χ1n) is 4.62. The molecular weight excluding hydrogens is 192 g/mol. The standard InChI is InChI=1S/C11H12O3.CH4/c1-7(2)11(12)8-3-4-9-10(5-8)14-6-13-9;/h3-5,7H,6H2,1-2H3;1H4. The van der Waals surface area contributed by atoms with Crippen LogP contribution in [0.25, 0.3) is 0 Å². The first-order chi connectivity index (χ1) is 6.68. The van der Waals surface area contributed by atoms with E-state index >= 15 is 0 Å². The van der Waals surface area contributed by atoms with Crippen LogP contribution in [0.4, 0.5) is 0 Å². The highest BCUT2D eigenvalue weighted by atomic mass is 16.7. The Kier molecular flexibility index (Phi) is 3.35. The molecule has 0 saturated heterocycles. The van der Waals surface area contributed by atoms with Gasteiger partial charge >= 0.3 is 0 Å². The summed E-state index contributed by atoms with van der Waals surface area (Å²) in [6.45, 7) is 4.01. The average Bonchev–Trinajstić information content (AvgIpc) is 2.62. The van der Waals surface area contributed by atoms with Crippen LogP contribution in [0.2, 0.25) is 0 Å². The van der Waals surface area contributed by atoms with Gasteiger partial charge in [0.25, 0.3) is 0 Å². The SMILES string of the molecule is C.CC(C)C(=O)c1ccc2c(c1)OCO2. The first kappa shape index (κ1) is 11.6. The maximum atomic E-state index is 11.6. The highest BCUT2D eigenvalue weighted by Gasteiger charge is 2.17. The molecule has 1 aliphatic heterocycles. The van der Waals surface area contributed by atoms with Gasteiger partial charge in [-0.05, 0) is 18.2 Å². The van der Waals surface area contributed by atoms with Crippen molar-refractivity contribution in [1.82, 2.24) is 0 Å². The molecule has 0 radical (unpaired) electrons. The summed E-state index contributed by atoms with van der Waals surface area (Å²) in [5.41, 5.74) is 0.684. The Bertz CT molecular complexity index is 369. The van der Waals surface area contributed by atoms with Gasteiger partial charge in [-0.3, -0.25) is 4.79 Å². The molecule has 0 atom stereocenters. The minimum absolute atomic E-state index is 0. The molecule has 0 aliphatic carbocycles. The molecule has 0 unspecified atom stereocenters. The van der Waals surface area contributed by atoms with E-state index in [-0.39, 0.29) is 25.9 Å². The summed E-state index contributed by atoms with van der Waals surface area (Å²) in [6.07, 6.45) is 0. The van der Waals surface area contributed by atoms with E-state index in [9.17, 15) is 4.79 Å². The molecule has 1 aromatic carbocycles. The van der Waals surface area contributed by atoms with E-state index in [2.05, 4.69) is 0 Å². The van der Waals surface area contributed by atoms with E-state index in [4.69, 9.17) is 9.47 Å². The van der Waals surface area contributed by atoms with Crippen molar-refractivity contribution in [2.75, 3.05) is 6.79 Å². The van der Waals surface area contributed by atoms with Crippen LogP contribution in [-0.2, 0) is 0 Å². The van der Waals surface area contributed by atoms with Gasteiger partial charge in [-0.2, -0.15) is 0 Å². The predicted octanol–water partition coefficient (Wildman–Crippen LogP) is 2.89. The average molecular weight is 208 g/mol. The number of ketones is 1. The van der Waals surface area contributed by atoms with Gasteiger partial charge in [0, 0.05) is 11.5 Å². The second-order valence-electron chi connectivity index (χ2n) is 3.59. The van der Waals surface area contributed by atoms with Gasteiger partial charge in [0.2, 0.25) is 6.79 Å². The fourth-order valence-corrected chi connectivity index (χ4v) is 1.38. The number of Topliss-reactive ketones (excluding diaryl/α,β-unsaturated/α-hetero) is 1. The molecule has 0 amide bonds. The second-order valence-corrected chi connectivity index (χ2v) is 3.59. The van der Waals surface area contributed by atoms with E-state index in [1.54, 1.807) is 18.2 Å². The van der Waals surface area contributed by atoms with Gasteiger partial charge in [0.15, 0.2) is 17.3 Å². The minimum atomic E-state index is 0. The zero-order valence-corrected chi connectivity index (χ0v) is 8.24. The molecule has 15 heavy (non-hydrogen) atoms. The summed E-state index contributed by atoms with van der Waals surface area (Å²) >= 11 is 0. The Labute approximate surface area is 90.0 Å². The Hall–Kier alpha value is -1.51. The van der Waals surface area contributed by atoms with Crippen LogP contribution in [0.3, 0.4) is 0 Å². The summed E-state index contributed by atoms with van der Waals surface area (Å²) in [5, 5.41) is 0. The van der Waals surface area contributed by atoms with E-state index in [0.717, 1.165) is 0 Å². The van der Waals surface area contributed by atoms with Crippen molar-refractivity contribution in [3.8, 4) is 11.5 Å². The topological polar surface area (TPSA) is 35.5 Å². The van der Waals surface area contributed by atoms with Crippen LogP contribution in [0.15, 0.2) is 18.2 Å². The molecule has 0 saturated carbocycles. The third kappa shape index (κ3) is 2.12. The number of carbonyl (C=O) groups is 1. The number of fused-ring (bicyclic) bond motifs is 1. The first-order valence-corrected chi connectivity index (χ1v) is 4.62. The van der Waals surface area contributed by atoms with Crippen LogP contribution >= 0.6 is 0 Å². The minimum Gasteiger partial charge on any atom is -0.454 e. The van der Waals surface area contributed by atoms with Crippen LogP contribution in [0.1, 0.15) is 31.6 Å². The largest absolute Gasteiger partial charge is 0.454 e. The molecule has 2 rings (SSSR count). The normalized spacial score (nSPS) is 12.5. The van der Waals surface area contributed by atoms with Crippen molar-refractivity contribution in [2.24, 2.45) is 5.92 Å². The summed E-state index contributed by atoms with van der Waals surface area (Å²) < 4.78 is 10.4. The van der Waals surface area contributed by atoms with Gasteiger partial charge in [0.05, 0.1) is 0 Å². The molecule has 82 valence electrons. The number of hydrogen-bond acceptors (Lipinski definition) is 3. The summed E-state index contributed by atoms with van der Waals surface area (Å²) in [6, 6.07) is 5.29. The van der Waals surface area contributed by atoms with Crippen molar-refractivity contribution in [3.63, 3.8) is 0 Å². The molecule has 0 spiro atoms. The summed E-state index contributed by atoms with van der Waals surface area (Å²) in [4.78, 5) is 11.6. The lowest BCUT2D eigenvalue weighted by Gasteiger charge is -2.04. The van der Waals surface area contributed by atoms with Crippen LogP contribution in [0, 0.1) is 5.92 Å². The smallest absolute Gasteiger partial charge is 0.231 e. The van der Waals surface area contributed by atoms with Gasteiger partial charge in [-0.1, -0.05) is 21.3 Å². The zero-order chi connectivity index (χ0) is 10.1. The molecule has 3 heteroatoms. The third-order valence-corrected chi connectivity index (χ3v) is 2.18. The Morgan fingerprint density at radius 1 is 1.27 bits per heavy atom.